The molecule has 0 radical (unpaired) electrons. The van der Waals surface area contributed by atoms with Crippen LogP contribution >= 0.6 is 0 Å². The number of para-hydroxylation sites is 1. The molecule has 0 saturated heterocycles. The molecule has 1 unspecified atom stereocenters. The molecule has 1 aromatic rings. The molecule has 0 bridgehead atoms. The Morgan fingerprint density at radius 1 is 1.38 bits per heavy atom. The standard InChI is InChI=1S/C14H19NO/c1-14(10-15-11-6-7-11)8-9-16-13-5-3-2-4-12(13)14/h2-5,11,15H,6-10H2,1H3. The molecule has 1 fully saturated rings. The molecular weight excluding hydrogens is 198 g/mol. The zero-order valence-electron chi connectivity index (χ0n) is 9.83. The number of nitrogens with one attached hydrogen (secondary N) is 1. The van der Waals surface area contributed by atoms with Gasteiger partial charge < -0.3 is 10.1 Å². The lowest BCUT2D eigenvalue weighted by Gasteiger charge is -2.36. The van der Waals surface area contributed by atoms with Gasteiger partial charge in [-0.2, -0.15) is 0 Å². The molecule has 86 valence electrons. The fourth-order valence-corrected chi connectivity index (χ4v) is 2.45. The number of hydrogen-bond acceptors (Lipinski definition) is 2. The second kappa shape index (κ2) is 3.77. The van der Waals surface area contributed by atoms with Crippen LogP contribution in [0.15, 0.2) is 24.3 Å². The number of hydrogen-bond donors (Lipinski definition) is 1. The number of fused-ring (bicyclic) bond motifs is 1. The van der Waals surface area contributed by atoms with Crippen LogP contribution in [0.1, 0.15) is 31.7 Å². The Morgan fingerprint density at radius 2 is 2.19 bits per heavy atom. The lowest BCUT2D eigenvalue weighted by molar-refractivity contribution is 0.219. The van der Waals surface area contributed by atoms with Gasteiger partial charge in [0, 0.05) is 23.6 Å². The molecule has 1 aromatic carbocycles. The van der Waals surface area contributed by atoms with Gasteiger partial charge in [-0.05, 0) is 25.3 Å². The summed E-state index contributed by atoms with van der Waals surface area (Å²) in [6, 6.07) is 9.25. The first-order valence-electron chi connectivity index (χ1n) is 6.24. The van der Waals surface area contributed by atoms with Crippen LogP contribution in [0.25, 0.3) is 0 Å². The van der Waals surface area contributed by atoms with Gasteiger partial charge in [-0.15, -0.1) is 0 Å². The highest BCUT2D eigenvalue weighted by atomic mass is 16.5. The van der Waals surface area contributed by atoms with Gasteiger partial charge in [-0.3, -0.25) is 0 Å². The molecule has 0 amide bonds. The third-order valence-electron chi connectivity index (χ3n) is 3.81. The first-order valence-corrected chi connectivity index (χ1v) is 6.24. The van der Waals surface area contributed by atoms with Crippen LogP contribution in [0, 0.1) is 0 Å². The van der Waals surface area contributed by atoms with Crippen LogP contribution in [0.2, 0.25) is 0 Å². The summed E-state index contributed by atoms with van der Waals surface area (Å²) in [5.74, 6) is 1.08. The summed E-state index contributed by atoms with van der Waals surface area (Å²) in [6.45, 7) is 4.28. The van der Waals surface area contributed by atoms with Crippen LogP contribution < -0.4 is 10.1 Å². The Hall–Kier alpha value is -1.02. The molecule has 2 aliphatic rings. The third kappa shape index (κ3) is 1.82. The molecule has 1 saturated carbocycles. The van der Waals surface area contributed by atoms with Crippen molar-refractivity contribution < 1.29 is 4.74 Å². The van der Waals surface area contributed by atoms with Crippen molar-refractivity contribution in [1.82, 2.24) is 5.32 Å². The van der Waals surface area contributed by atoms with E-state index >= 15 is 0 Å². The number of benzene rings is 1. The van der Waals surface area contributed by atoms with Gasteiger partial charge in [0.15, 0.2) is 0 Å². The van der Waals surface area contributed by atoms with E-state index in [9.17, 15) is 0 Å². The quantitative estimate of drug-likeness (QED) is 0.840. The van der Waals surface area contributed by atoms with Crippen LogP contribution in [0.5, 0.6) is 5.75 Å². The smallest absolute Gasteiger partial charge is 0.123 e. The Bertz CT molecular complexity index is 386. The SMILES string of the molecule is CC1(CNC2CC2)CCOc2ccccc21. The van der Waals surface area contributed by atoms with Gasteiger partial charge >= 0.3 is 0 Å². The van der Waals surface area contributed by atoms with E-state index in [4.69, 9.17) is 4.74 Å². The normalized spacial score (nSPS) is 28.3. The Kier molecular flexibility index (Phi) is 2.40. The monoisotopic (exact) mass is 217 g/mol. The topological polar surface area (TPSA) is 21.3 Å². The van der Waals surface area contributed by atoms with Gasteiger partial charge in [0.05, 0.1) is 6.61 Å². The summed E-state index contributed by atoms with van der Waals surface area (Å²) in [4.78, 5) is 0. The van der Waals surface area contributed by atoms with Crippen LogP contribution in [-0.4, -0.2) is 19.2 Å². The van der Waals surface area contributed by atoms with Crippen molar-refractivity contribution in [3.8, 4) is 5.75 Å². The maximum atomic E-state index is 5.71. The summed E-state index contributed by atoms with van der Waals surface area (Å²) in [5.41, 5.74) is 1.62. The molecule has 2 nitrogen and oxygen atoms in total. The van der Waals surface area contributed by atoms with Crippen molar-refractivity contribution >= 4 is 0 Å². The molecule has 1 N–H and O–H groups in total. The Balaban J connectivity index is 1.83. The second-order valence-electron chi connectivity index (χ2n) is 5.31. The lowest BCUT2D eigenvalue weighted by atomic mass is 9.78. The van der Waals surface area contributed by atoms with Crippen molar-refractivity contribution in [3.05, 3.63) is 29.8 Å². The van der Waals surface area contributed by atoms with Gasteiger partial charge in [0.1, 0.15) is 5.75 Å². The molecule has 0 aromatic heterocycles. The van der Waals surface area contributed by atoms with Crippen molar-refractivity contribution in [2.45, 2.75) is 37.6 Å². The van der Waals surface area contributed by atoms with Gasteiger partial charge in [0.25, 0.3) is 0 Å². The highest BCUT2D eigenvalue weighted by Crippen LogP contribution is 2.38. The first kappa shape index (κ1) is 10.2. The van der Waals surface area contributed by atoms with Crippen molar-refractivity contribution in [1.29, 1.82) is 0 Å². The first-order chi connectivity index (χ1) is 7.78. The van der Waals surface area contributed by atoms with Crippen molar-refractivity contribution in [2.75, 3.05) is 13.2 Å². The molecule has 2 heteroatoms. The minimum absolute atomic E-state index is 0.247. The highest BCUT2D eigenvalue weighted by molar-refractivity contribution is 5.41. The van der Waals surface area contributed by atoms with E-state index in [-0.39, 0.29) is 5.41 Å². The maximum absolute atomic E-state index is 5.71. The highest BCUT2D eigenvalue weighted by Gasteiger charge is 2.34. The van der Waals surface area contributed by atoms with E-state index in [0.29, 0.717) is 0 Å². The predicted molar refractivity (Wildman–Crippen MR) is 64.9 cm³/mol. The molecular formula is C14H19NO. The van der Waals surface area contributed by atoms with Crippen LogP contribution in [0.3, 0.4) is 0 Å². The Morgan fingerprint density at radius 3 is 3.00 bits per heavy atom. The average molecular weight is 217 g/mol. The van der Waals surface area contributed by atoms with Gasteiger partial charge in [-0.1, -0.05) is 25.1 Å². The Labute approximate surface area is 97.0 Å². The average Bonchev–Trinajstić information content (AvgIpc) is 3.11. The van der Waals surface area contributed by atoms with E-state index in [1.165, 1.54) is 18.4 Å². The summed E-state index contributed by atoms with van der Waals surface area (Å²) >= 11 is 0. The largest absolute Gasteiger partial charge is 0.493 e. The second-order valence-corrected chi connectivity index (χ2v) is 5.31. The molecule has 3 rings (SSSR count). The molecule has 0 spiro atoms. The molecule has 1 aliphatic carbocycles. The zero-order chi connectivity index (χ0) is 11.0. The fraction of sp³-hybridized carbons (Fsp3) is 0.571. The zero-order valence-corrected chi connectivity index (χ0v) is 9.83. The van der Waals surface area contributed by atoms with Crippen molar-refractivity contribution in [2.24, 2.45) is 0 Å². The minimum Gasteiger partial charge on any atom is -0.493 e. The number of rotatable bonds is 3. The molecule has 1 aliphatic heterocycles. The van der Waals surface area contributed by atoms with E-state index in [1.807, 2.05) is 0 Å². The minimum atomic E-state index is 0.247. The number of ether oxygens (including phenoxy) is 1. The van der Waals surface area contributed by atoms with Gasteiger partial charge in [0.2, 0.25) is 0 Å². The molecule has 1 heterocycles. The summed E-state index contributed by atoms with van der Waals surface area (Å²) in [7, 11) is 0. The van der Waals surface area contributed by atoms with E-state index in [2.05, 4.69) is 36.5 Å². The van der Waals surface area contributed by atoms with E-state index < -0.39 is 0 Å². The predicted octanol–water partition coefficient (Wildman–Crippen LogP) is 2.48. The van der Waals surface area contributed by atoms with Crippen LogP contribution in [-0.2, 0) is 5.41 Å². The fourth-order valence-electron chi connectivity index (χ4n) is 2.45. The summed E-state index contributed by atoms with van der Waals surface area (Å²) < 4.78 is 5.71. The third-order valence-corrected chi connectivity index (χ3v) is 3.81. The van der Waals surface area contributed by atoms with E-state index in [1.54, 1.807) is 0 Å². The van der Waals surface area contributed by atoms with Gasteiger partial charge in [-0.25, -0.2) is 0 Å². The van der Waals surface area contributed by atoms with Crippen LogP contribution in [0.4, 0.5) is 0 Å². The summed E-state index contributed by atoms with van der Waals surface area (Å²) in [6.07, 6.45) is 3.83. The summed E-state index contributed by atoms with van der Waals surface area (Å²) in [5, 5.41) is 3.65. The lowest BCUT2D eigenvalue weighted by Crippen LogP contribution is -2.40. The molecule has 1 atom stereocenters. The van der Waals surface area contributed by atoms with Crippen molar-refractivity contribution in [3.63, 3.8) is 0 Å². The molecule has 16 heavy (non-hydrogen) atoms. The van der Waals surface area contributed by atoms with E-state index in [0.717, 1.165) is 31.4 Å². The maximum Gasteiger partial charge on any atom is 0.123 e.